The molecule has 0 aliphatic carbocycles. The molecular formula is C13H21BrN2. The standard InChI is InChI=1S/C13H21BrN2/c1-5-8-16(4)13-9-11(14)6-7-12(13)10(2)15-3/h6-7,9-10,15H,5,8H2,1-4H3. The van der Waals surface area contributed by atoms with Gasteiger partial charge in [-0.25, -0.2) is 0 Å². The van der Waals surface area contributed by atoms with Gasteiger partial charge in [0.05, 0.1) is 0 Å². The third-order valence-corrected chi connectivity index (χ3v) is 3.36. The lowest BCUT2D eigenvalue weighted by Crippen LogP contribution is -2.22. The molecule has 0 radical (unpaired) electrons. The molecule has 0 aliphatic rings. The van der Waals surface area contributed by atoms with Crippen molar-refractivity contribution in [3.63, 3.8) is 0 Å². The van der Waals surface area contributed by atoms with E-state index in [9.17, 15) is 0 Å². The van der Waals surface area contributed by atoms with Gasteiger partial charge in [-0.3, -0.25) is 0 Å². The van der Waals surface area contributed by atoms with E-state index in [0.29, 0.717) is 6.04 Å². The first-order chi connectivity index (χ1) is 7.60. The summed E-state index contributed by atoms with van der Waals surface area (Å²) in [5, 5.41) is 3.30. The lowest BCUT2D eigenvalue weighted by molar-refractivity contribution is 0.649. The molecule has 1 N–H and O–H groups in total. The molecule has 1 atom stereocenters. The smallest absolute Gasteiger partial charge is 0.0423 e. The van der Waals surface area contributed by atoms with Crippen molar-refractivity contribution in [2.75, 3.05) is 25.5 Å². The maximum absolute atomic E-state index is 3.54. The molecule has 16 heavy (non-hydrogen) atoms. The maximum Gasteiger partial charge on any atom is 0.0423 e. The Morgan fingerprint density at radius 1 is 1.44 bits per heavy atom. The third kappa shape index (κ3) is 3.22. The molecule has 0 saturated heterocycles. The summed E-state index contributed by atoms with van der Waals surface area (Å²) in [6.45, 7) is 5.47. The Labute approximate surface area is 107 Å². The molecular weight excluding hydrogens is 264 g/mol. The van der Waals surface area contributed by atoms with E-state index in [1.54, 1.807) is 0 Å². The molecule has 1 aromatic carbocycles. The van der Waals surface area contributed by atoms with E-state index in [1.807, 2.05) is 7.05 Å². The number of benzene rings is 1. The largest absolute Gasteiger partial charge is 0.374 e. The van der Waals surface area contributed by atoms with Gasteiger partial charge in [-0.2, -0.15) is 0 Å². The van der Waals surface area contributed by atoms with E-state index >= 15 is 0 Å². The van der Waals surface area contributed by atoms with E-state index in [2.05, 4.69) is 65.2 Å². The second-order valence-electron chi connectivity index (χ2n) is 4.14. The summed E-state index contributed by atoms with van der Waals surface area (Å²) in [5.74, 6) is 0. The number of nitrogens with one attached hydrogen (secondary N) is 1. The van der Waals surface area contributed by atoms with Crippen molar-refractivity contribution in [2.24, 2.45) is 0 Å². The second-order valence-corrected chi connectivity index (χ2v) is 5.05. The molecule has 1 aromatic rings. The summed E-state index contributed by atoms with van der Waals surface area (Å²) in [5.41, 5.74) is 2.65. The number of halogens is 1. The summed E-state index contributed by atoms with van der Waals surface area (Å²) < 4.78 is 1.14. The lowest BCUT2D eigenvalue weighted by atomic mass is 10.1. The quantitative estimate of drug-likeness (QED) is 0.889. The third-order valence-electron chi connectivity index (χ3n) is 2.86. The highest BCUT2D eigenvalue weighted by Gasteiger charge is 2.12. The van der Waals surface area contributed by atoms with Crippen molar-refractivity contribution in [1.82, 2.24) is 5.32 Å². The number of hydrogen-bond acceptors (Lipinski definition) is 2. The Bertz CT molecular complexity index is 339. The predicted octanol–water partition coefficient (Wildman–Crippen LogP) is 3.58. The Kier molecular flexibility index (Phi) is 5.29. The normalized spacial score (nSPS) is 12.6. The van der Waals surface area contributed by atoms with Crippen LogP contribution < -0.4 is 10.2 Å². The van der Waals surface area contributed by atoms with Crippen LogP contribution in [0.4, 0.5) is 5.69 Å². The van der Waals surface area contributed by atoms with Crippen LogP contribution in [0.3, 0.4) is 0 Å². The molecule has 0 bridgehead atoms. The van der Waals surface area contributed by atoms with Gasteiger partial charge in [-0.15, -0.1) is 0 Å². The highest BCUT2D eigenvalue weighted by atomic mass is 79.9. The number of nitrogens with zero attached hydrogens (tertiary/aromatic N) is 1. The average molecular weight is 285 g/mol. The monoisotopic (exact) mass is 284 g/mol. The Morgan fingerprint density at radius 2 is 2.12 bits per heavy atom. The molecule has 2 nitrogen and oxygen atoms in total. The van der Waals surface area contributed by atoms with Gasteiger partial charge in [0.25, 0.3) is 0 Å². The minimum absolute atomic E-state index is 0.377. The van der Waals surface area contributed by atoms with Gasteiger partial charge in [0.2, 0.25) is 0 Å². The zero-order valence-corrected chi connectivity index (χ0v) is 12.1. The molecule has 1 unspecified atom stereocenters. The lowest BCUT2D eigenvalue weighted by Gasteiger charge is -2.25. The molecule has 0 fully saturated rings. The maximum atomic E-state index is 3.54. The first kappa shape index (κ1) is 13.5. The molecule has 0 aromatic heterocycles. The predicted molar refractivity (Wildman–Crippen MR) is 75.2 cm³/mol. The average Bonchev–Trinajstić information content (AvgIpc) is 2.28. The highest BCUT2D eigenvalue weighted by molar-refractivity contribution is 9.10. The number of anilines is 1. The highest BCUT2D eigenvalue weighted by Crippen LogP contribution is 2.29. The van der Waals surface area contributed by atoms with Crippen LogP contribution in [0.15, 0.2) is 22.7 Å². The van der Waals surface area contributed by atoms with Crippen molar-refractivity contribution < 1.29 is 0 Å². The van der Waals surface area contributed by atoms with Crippen molar-refractivity contribution in [1.29, 1.82) is 0 Å². The van der Waals surface area contributed by atoms with Crippen LogP contribution in [0.5, 0.6) is 0 Å². The van der Waals surface area contributed by atoms with Gasteiger partial charge in [-0.05, 0) is 38.1 Å². The van der Waals surface area contributed by atoms with E-state index in [1.165, 1.54) is 11.3 Å². The Balaban J connectivity index is 3.07. The molecule has 1 rings (SSSR count). The minimum atomic E-state index is 0.377. The van der Waals surface area contributed by atoms with E-state index in [-0.39, 0.29) is 0 Å². The minimum Gasteiger partial charge on any atom is -0.374 e. The van der Waals surface area contributed by atoms with Gasteiger partial charge in [-0.1, -0.05) is 28.9 Å². The summed E-state index contributed by atoms with van der Waals surface area (Å²) >= 11 is 3.54. The Hall–Kier alpha value is -0.540. The van der Waals surface area contributed by atoms with Crippen LogP contribution in [-0.4, -0.2) is 20.6 Å². The molecule has 0 aliphatic heterocycles. The van der Waals surface area contributed by atoms with Gasteiger partial charge in [0.1, 0.15) is 0 Å². The molecule has 0 saturated carbocycles. The first-order valence-electron chi connectivity index (χ1n) is 5.78. The van der Waals surface area contributed by atoms with E-state index in [4.69, 9.17) is 0 Å². The van der Waals surface area contributed by atoms with E-state index < -0.39 is 0 Å². The SMILES string of the molecule is CCCN(C)c1cc(Br)ccc1C(C)NC. The molecule has 0 heterocycles. The summed E-state index contributed by atoms with van der Waals surface area (Å²) in [6.07, 6.45) is 1.16. The molecule has 0 amide bonds. The van der Waals surface area contributed by atoms with Gasteiger partial charge in [0, 0.05) is 29.8 Å². The fourth-order valence-electron chi connectivity index (χ4n) is 1.82. The summed E-state index contributed by atoms with van der Waals surface area (Å²) in [6, 6.07) is 6.86. The summed E-state index contributed by atoms with van der Waals surface area (Å²) in [7, 11) is 4.15. The fraction of sp³-hybridized carbons (Fsp3) is 0.538. The Morgan fingerprint density at radius 3 is 2.69 bits per heavy atom. The molecule has 0 spiro atoms. The fourth-order valence-corrected chi connectivity index (χ4v) is 2.17. The number of rotatable bonds is 5. The van der Waals surface area contributed by atoms with Crippen LogP contribution in [0.25, 0.3) is 0 Å². The van der Waals surface area contributed by atoms with Crippen molar-refractivity contribution in [3.05, 3.63) is 28.2 Å². The zero-order valence-electron chi connectivity index (χ0n) is 10.5. The van der Waals surface area contributed by atoms with Gasteiger partial charge >= 0.3 is 0 Å². The van der Waals surface area contributed by atoms with Crippen molar-refractivity contribution in [3.8, 4) is 0 Å². The van der Waals surface area contributed by atoms with Crippen LogP contribution >= 0.6 is 15.9 Å². The van der Waals surface area contributed by atoms with E-state index in [0.717, 1.165) is 17.4 Å². The van der Waals surface area contributed by atoms with Crippen LogP contribution in [0, 0.1) is 0 Å². The summed E-state index contributed by atoms with van der Waals surface area (Å²) in [4.78, 5) is 2.31. The molecule has 3 heteroatoms. The van der Waals surface area contributed by atoms with Crippen LogP contribution in [0.2, 0.25) is 0 Å². The van der Waals surface area contributed by atoms with Crippen LogP contribution in [-0.2, 0) is 0 Å². The molecule has 90 valence electrons. The first-order valence-corrected chi connectivity index (χ1v) is 6.57. The van der Waals surface area contributed by atoms with Gasteiger partial charge in [0.15, 0.2) is 0 Å². The van der Waals surface area contributed by atoms with Crippen molar-refractivity contribution in [2.45, 2.75) is 26.3 Å². The number of hydrogen-bond donors (Lipinski definition) is 1. The topological polar surface area (TPSA) is 15.3 Å². The zero-order chi connectivity index (χ0) is 12.1. The van der Waals surface area contributed by atoms with Crippen molar-refractivity contribution >= 4 is 21.6 Å². The van der Waals surface area contributed by atoms with Crippen LogP contribution in [0.1, 0.15) is 31.9 Å². The second kappa shape index (κ2) is 6.26. The van der Waals surface area contributed by atoms with Gasteiger partial charge < -0.3 is 10.2 Å².